The van der Waals surface area contributed by atoms with Crippen molar-refractivity contribution in [1.29, 1.82) is 0 Å². The highest BCUT2D eigenvalue weighted by atomic mass is 16.2. The lowest BCUT2D eigenvalue weighted by Gasteiger charge is -2.38. The summed E-state index contributed by atoms with van der Waals surface area (Å²) in [5.41, 5.74) is 6.55. The Hall–Kier alpha value is -1.39. The van der Waals surface area contributed by atoms with Crippen molar-refractivity contribution in [1.82, 2.24) is 4.90 Å². The first-order chi connectivity index (χ1) is 8.97. The number of benzene rings is 1. The van der Waals surface area contributed by atoms with E-state index in [1.165, 1.54) is 0 Å². The van der Waals surface area contributed by atoms with Crippen LogP contribution in [0.25, 0.3) is 0 Å². The Morgan fingerprint density at radius 3 is 2.53 bits per heavy atom. The van der Waals surface area contributed by atoms with Crippen LogP contribution in [0, 0.1) is 0 Å². The molecule has 104 valence electrons. The number of carbonyl (C=O) groups excluding carboxylic acids is 1. The SMILES string of the molecule is CN1CCC(C)(C)N(c2ccccc2)C(=O)C1CN. The Morgan fingerprint density at radius 1 is 1.32 bits per heavy atom. The standard InChI is InChI=1S/C15H23N3O/c1-15(2)9-10-17(3)13(11-16)14(19)18(15)12-7-5-4-6-8-12/h4-8,13H,9-11,16H2,1-3H3. The number of likely N-dealkylation sites (N-methyl/N-ethyl adjacent to an activating group) is 1. The van der Waals surface area contributed by atoms with Crippen molar-refractivity contribution in [2.24, 2.45) is 5.73 Å². The molecule has 1 heterocycles. The van der Waals surface area contributed by atoms with Gasteiger partial charge in [0.05, 0.1) is 0 Å². The molecule has 19 heavy (non-hydrogen) atoms. The van der Waals surface area contributed by atoms with Crippen molar-refractivity contribution in [3.8, 4) is 0 Å². The molecule has 4 nitrogen and oxygen atoms in total. The Balaban J connectivity index is 2.44. The number of amides is 1. The van der Waals surface area contributed by atoms with Crippen LogP contribution in [0.1, 0.15) is 20.3 Å². The molecular formula is C15H23N3O. The average molecular weight is 261 g/mol. The van der Waals surface area contributed by atoms with Gasteiger partial charge in [0.2, 0.25) is 5.91 Å². The number of hydrogen-bond donors (Lipinski definition) is 1. The molecule has 1 saturated heterocycles. The maximum atomic E-state index is 12.8. The largest absolute Gasteiger partial charge is 0.328 e. The number of rotatable bonds is 2. The monoisotopic (exact) mass is 261 g/mol. The van der Waals surface area contributed by atoms with Gasteiger partial charge in [0.25, 0.3) is 0 Å². The summed E-state index contributed by atoms with van der Waals surface area (Å²) in [5, 5.41) is 0. The van der Waals surface area contributed by atoms with Gasteiger partial charge in [-0.25, -0.2) is 0 Å². The molecule has 2 N–H and O–H groups in total. The zero-order chi connectivity index (χ0) is 14.0. The number of para-hydroxylation sites is 1. The van der Waals surface area contributed by atoms with Gasteiger partial charge >= 0.3 is 0 Å². The molecule has 4 heteroatoms. The summed E-state index contributed by atoms with van der Waals surface area (Å²) in [6, 6.07) is 9.62. The lowest BCUT2D eigenvalue weighted by atomic mass is 9.97. The van der Waals surface area contributed by atoms with Crippen LogP contribution in [0.3, 0.4) is 0 Å². The molecule has 1 aliphatic rings. The van der Waals surface area contributed by atoms with E-state index in [0.29, 0.717) is 6.54 Å². The first-order valence-corrected chi connectivity index (χ1v) is 6.77. The van der Waals surface area contributed by atoms with E-state index in [1.54, 1.807) is 0 Å². The molecule has 1 unspecified atom stereocenters. The second kappa shape index (κ2) is 5.31. The minimum atomic E-state index is -0.234. The van der Waals surface area contributed by atoms with Crippen molar-refractivity contribution in [2.75, 3.05) is 25.0 Å². The maximum absolute atomic E-state index is 12.8. The highest BCUT2D eigenvalue weighted by molar-refractivity contribution is 5.98. The van der Waals surface area contributed by atoms with Gasteiger partial charge in [0.15, 0.2) is 0 Å². The molecule has 0 bridgehead atoms. The third-order valence-corrected chi connectivity index (χ3v) is 3.96. The van der Waals surface area contributed by atoms with Gasteiger partial charge in [0.1, 0.15) is 6.04 Å². The van der Waals surface area contributed by atoms with Crippen LogP contribution in [0.4, 0.5) is 5.69 Å². The molecule has 0 saturated carbocycles. The van der Waals surface area contributed by atoms with Gasteiger partial charge in [-0.3, -0.25) is 9.69 Å². The molecule has 1 atom stereocenters. The van der Waals surface area contributed by atoms with Gasteiger partial charge in [-0.15, -0.1) is 0 Å². The van der Waals surface area contributed by atoms with Crippen LogP contribution < -0.4 is 10.6 Å². The molecule has 0 aliphatic carbocycles. The summed E-state index contributed by atoms with van der Waals surface area (Å²) >= 11 is 0. The molecule has 1 aromatic carbocycles. The van der Waals surface area contributed by atoms with E-state index in [0.717, 1.165) is 18.7 Å². The average Bonchev–Trinajstić information content (AvgIpc) is 2.46. The van der Waals surface area contributed by atoms with E-state index in [1.807, 2.05) is 42.3 Å². The predicted octanol–water partition coefficient (Wildman–Crippen LogP) is 1.46. The first-order valence-electron chi connectivity index (χ1n) is 6.77. The van der Waals surface area contributed by atoms with Crippen LogP contribution >= 0.6 is 0 Å². The molecule has 0 aromatic heterocycles. The molecule has 0 spiro atoms. The number of anilines is 1. The zero-order valence-corrected chi connectivity index (χ0v) is 12.0. The van der Waals surface area contributed by atoms with Crippen LogP contribution in [0.5, 0.6) is 0 Å². The molecule has 1 amide bonds. The minimum absolute atomic E-state index is 0.0960. The van der Waals surface area contributed by atoms with Crippen LogP contribution in [0.2, 0.25) is 0 Å². The number of nitrogens with zero attached hydrogens (tertiary/aromatic N) is 2. The first kappa shape index (κ1) is 14.0. The Labute approximate surface area is 115 Å². The lowest BCUT2D eigenvalue weighted by Crippen LogP contribution is -2.53. The van der Waals surface area contributed by atoms with Crippen molar-refractivity contribution in [3.05, 3.63) is 30.3 Å². The third kappa shape index (κ3) is 2.65. The molecule has 1 aliphatic heterocycles. The summed E-state index contributed by atoms with van der Waals surface area (Å²) in [7, 11) is 1.97. The van der Waals surface area contributed by atoms with Crippen molar-refractivity contribution >= 4 is 11.6 Å². The lowest BCUT2D eigenvalue weighted by molar-refractivity contribution is -0.123. The summed E-state index contributed by atoms with van der Waals surface area (Å²) < 4.78 is 0. The summed E-state index contributed by atoms with van der Waals surface area (Å²) in [4.78, 5) is 16.8. The number of hydrogen-bond acceptors (Lipinski definition) is 3. The van der Waals surface area contributed by atoms with E-state index < -0.39 is 0 Å². The second-order valence-electron chi connectivity index (χ2n) is 5.80. The van der Waals surface area contributed by atoms with Gasteiger partial charge in [-0.05, 0) is 39.4 Å². The van der Waals surface area contributed by atoms with Gasteiger partial charge < -0.3 is 10.6 Å². The Kier molecular flexibility index (Phi) is 3.92. The quantitative estimate of drug-likeness (QED) is 0.877. The van der Waals surface area contributed by atoms with Crippen LogP contribution in [-0.4, -0.2) is 42.5 Å². The fraction of sp³-hybridized carbons (Fsp3) is 0.533. The molecular weight excluding hydrogens is 238 g/mol. The topological polar surface area (TPSA) is 49.6 Å². The Bertz CT molecular complexity index is 444. The zero-order valence-electron chi connectivity index (χ0n) is 12.0. The predicted molar refractivity (Wildman–Crippen MR) is 78.1 cm³/mol. The molecule has 1 aromatic rings. The van der Waals surface area contributed by atoms with Crippen LogP contribution in [-0.2, 0) is 4.79 Å². The van der Waals surface area contributed by atoms with E-state index >= 15 is 0 Å². The van der Waals surface area contributed by atoms with Crippen LogP contribution in [0.15, 0.2) is 30.3 Å². The summed E-state index contributed by atoms with van der Waals surface area (Å²) in [6.45, 7) is 5.47. The molecule has 0 radical (unpaired) electrons. The van der Waals surface area contributed by atoms with E-state index in [4.69, 9.17) is 5.73 Å². The summed E-state index contributed by atoms with van der Waals surface area (Å²) in [6.07, 6.45) is 0.931. The smallest absolute Gasteiger partial charge is 0.246 e. The molecule has 1 fully saturated rings. The highest BCUT2D eigenvalue weighted by Gasteiger charge is 2.40. The fourth-order valence-corrected chi connectivity index (χ4v) is 2.69. The van der Waals surface area contributed by atoms with E-state index in [2.05, 4.69) is 18.7 Å². The number of nitrogens with two attached hydrogens (primary N) is 1. The van der Waals surface area contributed by atoms with E-state index in [9.17, 15) is 4.79 Å². The summed E-state index contributed by atoms with van der Waals surface area (Å²) in [5.74, 6) is 0.0960. The van der Waals surface area contributed by atoms with Gasteiger partial charge in [-0.2, -0.15) is 0 Å². The van der Waals surface area contributed by atoms with Crippen molar-refractivity contribution in [2.45, 2.75) is 31.8 Å². The number of carbonyl (C=O) groups is 1. The normalized spacial score (nSPS) is 24.3. The minimum Gasteiger partial charge on any atom is -0.328 e. The maximum Gasteiger partial charge on any atom is 0.246 e. The Morgan fingerprint density at radius 2 is 1.95 bits per heavy atom. The van der Waals surface area contributed by atoms with Gasteiger partial charge in [0, 0.05) is 24.3 Å². The van der Waals surface area contributed by atoms with Crippen molar-refractivity contribution in [3.63, 3.8) is 0 Å². The third-order valence-electron chi connectivity index (χ3n) is 3.96. The highest BCUT2D eigenvalue weighted by Crippen LogP contribution is 2.30. The fourth-order valence-electron chi connectivity index (χ4n) is 2.69. The molecule has 2 rings (SSSR count). The van der Waals surface area contributed by atoms with Gasteiger partial charge in [-0.1, -0.05) is 18.2 Å². The second-order valence-corrected chi connectivity index (χ2v) is 5.80. The van der Waals surface area contributed by atoms with Crippen molar-refractivity contribution < 1.29 is 4.79 Å². The van der Waals surface area contributed by atoms with E-state index in [-0.39, 0.29) is 17.5 Å².